The Labute approximate surface area is 129 Å². The van der Waals surface area contributed by atoms with Gasteiger partial charge >= 0.3 is 0 Å². The molecule has 1 atom stereocenters. The second kappa shape index (κ2) is 7.47. The summed E-state index contributed by atoms with van der Waals surface area (Å²) < 4.78 is 0. The van der Waals surface area contributed by atoms with Gasteiger partial charge in [-0.15, -0.1) is 0 Å². The molecule has 0 bridgehead atoms. The predicted molar refractivity (Wildman–Crippen MR) is 88.5 cm³/mol. The molecule has 1 unspecified atom stereocenters. The maximum Gasteiger partial charge on any atom is 0.0438 e. The first-order valence-corrected chi connectivity index (χ1v) is 8.51. The molecule has 2 rings (SSSR count). The van der Waals surface area contributed by atoms with Gasteiger partial charge in [-0.2, -0.15) is 0 Å². The van der Waals surface area contributed by atoms with Crippen LogP contribution in [0.3, 0.4) is 0 Å². The second-order valence-electron chi connectivity index (χ2n) is 6.29. The van der Waals surface area contributed by atoms with E-state index in [0.29, 0.717) is 6.04 Å². The first-order valence-electron chi connectivity index (χ1n) is 8.13. The van der Waals surface area contributed by atoms with Crippen molar-refractivity contribution in [2.24, 2.45) is 5.92 Å². The quantitative estimate of drug-likeness (QED) is 0.747. The molecule has 0 saturated heterocycles. The molecular formula is C18H28ClN. The zero-order valence-corrected chi connectivity index (χ0v) is 13.9. The number of hydrogen-bond acceptors (Lipinski definition) is 1. The third-order valence-electron chi connectivity index (χ3n) is 4.62. The summed E-state index contributed by atoms with van der Waals surface area (Å²) in [6.45, 7) is 7.65. The molecule has 112 valence electrons. The zero-order chi connectivity index (χ0) is 14.5. The second-order valence-corrected chi connectivity index (χ2v) is 6.70. The standard InChI is InChI=1S/C18H28ClN/c1-4-10-20-18(15-8-6-5-7-9-15)16-11-14(3)17(19)12-13(16)2/h11-12,15,18,20H,4-10H2,1-3H3. The summed E-state index contributed by atoms with van der Waals surface area (Å²) >= 11 is 6.26. The molecule has 20 heavy (non-hydrogen) atoms. The molecule has 1 N–H and O–H groups in total. The van der Waals surface area contributed by atoms with Crippen LogP contribution in [0, 0.1) is 19.8 Å². The van der Waals surface area contributed by atoms with Gasteiger partial charge in [-0.3, -0.25) is 0 Å². The van der Waals surface area contributed by atoms with Crippen molar-refractivity contribution in [1.82, 2.24) is 5.32 Å². The van der Waals surface area contributed by atoms with Crippen LogP contribution in [0.4, 0.5) is 0 Å². The lowest BCUT2D eigenvalue weighted by atomic mass is 9.79. The molecule has 0 spiro atoms. The van der Waals surface area contributed by atoms with E-state index in [-0.39, 0.29) is 0 Å². The monoisotopic (exact) mass is 293 g/mol. The molecule has 2 heteroatoms. The lowest BCUT2D eigenvalue weighted by molar-refractivity contribution is 0.271. The number of benzene rings is 1. The van der Waals surface area contributed by atoms with E-state index in [2.05, 4.69) is 38.2 Å². The van der Waals surface area contributed by atoms with Crippen LogP contribution < -0.4 is 5.32 Å². The highest BCUT2D eigenvalue weighted by atomic mass is 35.5. The first kappa shape index (κ1) is 15.9. The van der Waals surface area contributed by atoms with Gasteiger partial charge in [0.25, 0.3) is 0 Å². The van der Waals surface area contributed by atoms with Crippen LogP contribution in [0.5, 0.6) is 0 Å². The Morgan fingerprint density at radius 2 is 1.85 bits per heavy atom. The normalized spacial score (nSPS) is 18.2. The van der Waals surface area contributed by atoms with Crippen molar-refractivity contribution >= 4 is 11.6 Å². The van der Waals surface area contributed by atoms with Crippen molar-refractivity contribution in [3.8, 4) is 0 Å². The summed E-state index contributed by atoms with van der Waals surface area (Å²) in [6.07, 6.45) is 8.11. The van der Waals surface area contributed by atoms with Crippen LogP contribution in [0.15, 0.2) is 12.1 Å². The Morgan fingerprint density at radius 3 is 2.50 bits per heavy atom. The van der Waals surface area contributed by atoms with Gasteiger partial charge in [0.1, 0.15) is 0 Å². The third kappa shape index (κ3) is 3.77. The maximum atomic E-state index is 6.26. The number of nitrogens with one attached hydrogen (secondary N) is 1. The van der Waals surface area contributed by atoms with Crippen LogP contribution in [0.2, 0.25) is 5.02 Å². The van der Waals surface area contributed by atoms with E-state index in [1.807, 2.05) is 0 Å². The highest BCUT2D eigenvalue weighted by Gasteiger charge is 2.26. The van der Waals surface area contributed by atoms with Crippen LogP contribution >= 0.6 is 11.6 Å². The molecule has 1 aromatic rings. The summed E-state index contributed by atoms with van der Waals surface area (Å²) in [5, 5.41) is 4.69. The SMILES string of the molecule is CCCNC(c1cc(C)c(Cl)cc1C)C1CCCCC1. The van der Waals surface area contributed by atoms with Crippen molar-refractivity contribution in [2.75, 3.05) is 6.54 Å². The van der Waals surface area contributed by atoms with Gasteiger partial charge in [0.2, 0.25) is 0 Å². The van der Waals surface area contributed by atoms with Crippen LogP contribution in [0.25, 0.3) is 0 Å². The Bertz CT molecular complexity index is 435. The van der Waals surface area contributed by atoms with E-state index in [9.17, 15) is 0 Å². The van der Waals surface area contributed by atoms with E-state index < -0.39 is 0 Å². The van der Waals surface area contributed by atoms with Crippen LogP contribution in [0.1, 0.15) is 68.2 Å². The third-order valence-corrected chi connectivity index (χ3v) is 5.03. The molecule has 1 aromatic carbocycles. The summed E-state index contributed by atoms with van der Waals surface area (Å²) in [5.74, 6) is 0.787. The van der Waals surface area contributed by atoms with Gasteiger partial charge in [0.15, 0.2) is 0 Å². The van der Waals surface area contributed by atoms with E-state index in [0.717, 1.165) is 17.5 Å². The van der Waals surface area contributed by atoms with Crippen molar-refractivity contribution < 1.29 is 0 Å². The number of hydrogen-bond donors (Lipinski definition) is 1. The Hall–Kier alpha value is -0.530. The molecule has 1 aliphatic rings. The Kier molecular flexibility index (Phi) is 5.92. The highest BCUT2D eigenvalue weighted by Crippen LogP contribution is 2.37. The summed E-state index contributed by atoms with van der Waals surface area (Å²) in [6, 6.07) is 4.95. The van der Waals surface area contributed by atoms with Gasteiger partial charge in [-0.25, -0.2) is 0 Å². The van der Waals surface area contributed by atoms with Gasteiger partial charge < -0.3 is 5.32 Å². The largest absolute Gasteiger partial charge is 0.310 e. The van der Waals surface area contributed by atoms with Crippen LogP contribution in [-0.4, -0.2) is 6.54 Å². The topological polar surface area (TPSA) is 12.0 Å². The predicted octanol–water partition coefficient (Wildman–Crippen LogP) is 5.58. The Balaban J connectivity index is 2.27. The van der Waals surface area contributed by atoms with Gasteiger partial charge in [-0.05, 0) is 68.3 Å². The lowest BCUT2D eigenvalue weighted by Gasteiger charge is -2.32. The van der Waals surface area contributed by atoms with E-state index in [4.69, 9.17) is 11.6 Å². The highest BCUT2D eigenvalue weighted by molar-refractivity contribution is 6.31. The fraction of sp³-hybridized carbons (Fsp3) is 0.667. The molecule has 0 radical (unpaired) electrons. The Morgan fingerprint density at radius 1 is 1.15 bits per heavy atom. The molecular weight excluding hydrogens is 266 g/mol. The average molecular weight is 294 g/mol. The van der Waals surface area contributed by atoms with Gasteiger partial charge in [0.05, 0.1) is 0 Å². The minimum atomic E-state index is 0.506. The maximum absolute atomic E-state index is 6.26. The average Bonchev–Trinajstić information content (AvgIpc) is 2.45. The number of halogens is 1. The van der Waals surface area contributed by atoms with Crippen molar-refractivity contribution in [1.29, 1.82) is 0 Å². The molecule has 0 heterocycles. The van der Waals surface area contributed by atoms with Crippen LogP contribution in [-0.2, 0) is 0 Å². The van der Waals surface area contributed by atoms with Gasteiger partial charge in [0, 0.05) is 11.1 Å². The smallest absolute Gasteiger partial charge is 0.0438 e. The molecule has 1 fully saturated rings. The fourth-order valence-electron chi connectivity index (χ4n) is 3.44. The summed E-state index contributed by atoms with van der Waals surface area (Å²) in [5.41, 5.74) is 4.00. The van der Waals surface area contributed by atoms with Crippen molar-refractivity contribution in [3.05, 3.63) is 33.8 Å². The molecule has 1 aliphatic carbocycles. The zero-order valence-electron chi connectivity index (χ0n) is 13.1. The number of aryl methyl sites for hydroxylation is 2. The molecule has 1 saturated carbocycles. The van der Waals surface area contributed by atoms with Gasteiger partial charge in [-0.1, -0.05) is 43.9 Å². The minimum absolute atomic E-state index is 0.506. The molecule has 0 aromatic heterocycles. The van der Waals surface area contributed by atoms with E-state index >= 15 is 0 Å². The van der Waals surface area contributed by atoms with E-state index in [1.54, 1.807) is 0 Å². The molecule has 0 aliphatic heterocycles. The first-order chi connectivity index (χ1) is 9.63. The molecule has 0 amide bonds. The van der Waals surface area contributed by atoms with Crippen molar-refractivity contribution in [3.63, 3.8) is 0 Å². The lowest BCUT2D eigenvalue weighted by Crippen LogP contribution is -2.31. The minimum Gasteiger partial charge on any atom is -0.310 e. The fourth-order valence-corrected chi connectivity index (χ4v) is 3.65. The summed E-state index contributed by atoms with van der Waals surface area (Å²) in [4.78, 5) is 0. The summed E-state index contributed by atoms with van der Waals surface area (Å²) in [7, 11) is 0. The van der Waals surface area contributed by atoms with E-state index in [1.165, 1.54) is 55.2 Å². The molecule has 1 nitrogen and oxygen atoms in total. The number of rotatable bonds is 5. The van der Waals surface area contributed by atoms with Crippen molar-refractivity contribution in [2.45, 2.75) is 65.3 Å².